The first-order chi connectivity index (χ1) is 15.2. The smallest absolute Gasteiger partial charge is 0.269 e. The van der Waals surface area contributed by atoms with E-state index in [1.165, 1.54) is 10.5 Å². The van der Waals surface area contributed by atoms with Crippen LogP contribution in [0.25, 0.3) is 11.7 Å². The highest BCUT2D eigenvalue weighted by atomic mass is 16.5. The summed E-state index contributed by atoms with van der Waals surface area (Å²) in [5.74, 6) is -0.0388. The van der Waals surface area contributed by atoms with Gasteiger partial charge in [0, 0.05) is 12.7 Å². The Labute approximate surface area is 187 Å². The Hall–Kier alpha value is -3.92. The van der Waals surface area contributed by atoms with E-state index in [1.54, 1.807) is 19.2 Å². The predicted molar refractivity (Wildman–Crippen MR) is 124 cm³/mol. The van der Waals surface area contributed by atoms with Gasteiger partial charge in [0.1, 0.15) is 28.6 Å². The van der Waals surface area contributed by atoms with Gasteiger partial charge in [-0.1, -0.05) is 39.0 Å². The van der Waals surface area contributed by atoms with E-state index in [4.69, 9.17) is 4.74 Å². The van der Waals surface area contributed by atoms with Crippen LogP contribution in [0.15, 0.2) is 53.0 Å². The van der Waals surface area contributed by atoms with Gasteiger partial charge in [-0.15, -0.1) is 0 Å². The van der Waals surface area contributed by atoms with Gasteiger partial charge in [-0.3, -0.25) is 14.0 Å². The van der Waals surface area contributed by atoms with Gasteiger partial charge in [-0.2, -0.15) is 10.2 Å². The Morgan fingerprint density at radius 3 is 2.53 bits per heavy atom. The number of benzene rings is 1. The third kappa shape index (κ3) is 4.70. The third-order valence-corrected chi connectivity index (χ3v) is 4.98. The number of aryl methyl sites for hydroxylation is 1. The lowest BCUT2D eigenvalue weighted by Gasteiger charge is -2.19. The number of hydrogen-bond acceptors (Lipinski definition) is 5. The summed E-state index contributed by atoms with van der Waals surface area (Å²) >= 11 is 0. The summed E-state index contributed by atoms with van der Waals surface area (Å²) in [7, 11) is 0. The Bertz CT molecular complexity index is 1290. The highest BCUT2D eigenvalue weighted by Crippen LogP contribution is 2.28. The number of pyridine rings is 1. The highest BCUT2D eigenvalue weighted by molar-refractivity contribution is 6.01. The molecule has 3 rings (SSSR count). The van der Waals surface area contributed by atoms with Gasteiger partial charge >= 0.3 is 0 Å². The average Bonchev–Trinajstić information content (AvgIpc) is 2.74. The Balaban J connectivity index is 2.18. The van der Waals surface area contributed by atoms with Crippen molar-refractivity contribution in [2.75, 3.05) is 6.54 Å². The van der Waals surface area contributed by atoms with E-state index in [9.17, 15) is 14.9 Å². The fraction of sp³-hybridized carbons (Fsp3) is 0.280. The summed E-state index contributed by atoms with van der Waals surface area (Å²) in [6, 6.07) is 13.0. The summed E-state index contributed by atoms with van der Waals surface area (Å²) in [5.41, 5.74) is 1.73. The van der Waals surface area contributed by atoms with Crippen LogP contribution >= 0.6 is 0 Å². The van der Waals surface area contributed by atoms with E-state index in [0.29, 0.717) is 17.9 Å². The average molecular weight is 431 g/mol. The largest absolute Gasteiger partial charge is 0.438 e. The molecule has 0 saturated carbocycles. The number of nitrogens with zero attached hydrogens (tertiary/aromatic N) is 3. The van der Waals surface area contributed by atoms with Gasteiger partial charge in [0.05, 0.1) is 0 Å². The van der Waals surface area contributed by atoms with E-state index in [-0.39, 0.29) is 22.4 Å². The zero-order valence-corrected chi connectivity index (χ0v) is 18.9. The van der Waals surface area contributed by atoms with Crippen LogP contribution in [0, 0.1) is 18.3 Å². The predicted octanol–water partition coefficient (Wildman–Crippen LogP) is 4.14. The first kappa shape index (κ1) is 22.8. The molecule has 0 aliphatic heterocycles. The second kappa shape index (κ2) is 9.06. The van der Waals surface area contributed by atoms with E-state index in [2.05, 4.69) is 31.1 Å². The van der Waals surface area contributed by atoms with Gasteiger partial charge in [-0.05, 0) is 54.7 Å². The number of hydrogen-bond donors (Lipinski definition) is 1. The number of amides is 1. The second-order valence-electron chi connectivity index (χ2n) is 8.43. The van der Waals surface area contributed by atoms with E-state index in [0.717, 1.165) is 11.1 Å². The van der Waals surface area contributed by atoms with Crippen LogP contribution in [0.2, 0.25) is 0 Å². The monoisotopic (exact) mass is 430 g/mol. The number of nitriles is 1. The molecule has 0 aliphatic rings. The molecule has 0 atom stereocenters. The second-order valence-corrected chi connectivity index (χ2v) is 8.43. The van der Waals surface area contributed by atoms with Crippen LogP contribution < -0.4 is 15.6 Å². The number of likely N-dealkylation sites (N-methyl/N-ethyl adjacent to an activating group) is 1. The first-order valence-electron chi connectivity index (χ1n) is 10.4. The Kier molecular flexibility index (Phi) is 6.45. The number of fused-ring (bicyclic) bond motifs is 1. The molecule has 0 radical (unpaired) electrons. The number of carbonyl (C=O) groups excluding carboxylic acids is 1. The molecule has 0 aliphatic carbocycles. The Morgan fingerprint density at radius 2 is 1.94 bits per heavy atom. The van der Waals surface area contributed by atoms with Crippen molar-refractivity contribution < 1.29 is 9.53 Å². The molecule has 164 valence electrons. The summed E-state index contributed by atoms with van der Waals surface area (Å²) < 4.78 is 7.37. The van der Waals surface area contributed by atoms with E-state index < -0.39 is 11.5 Å². The lowest BCUT2D eigenvalue weighted by molar-refractivity contribution is -0.116. The van der Waals surface area contributed by atoms with Crippen molar-refractivity contribution in [3.05, 3.63) is 75.2 Å². The van der Waals surface area contributed by atoms with E-state index in [1.807, 2.05) is 43.3 Å². The molecule has 1 amide bonds. The molecule has 0 bridgehead atoms. The summed E-state index contributed by atoms with van der Waals surface area (Å²) in [6.07, 6.45) is 2.82. The van der Waals surface area contributed by atoms with Gasteiger partial charge in [0.2, 0.25) is 5.88 Å². The summed E-state index contributed by atoms with van der Waals surface area (Å²) in [6.45, 7) is 10.3. The van der Waals surface area contributed by atoms with Crippen molar-refractivity contribution in [2.45, 2.75) is 40.0 Å². The van der Waals surface area contributed by atoms with Crippen molar-refractivity contribution in [1.82, 2.24) is 14.7 Å². The molecule has 1 aromatic carbocycles. The molecule has 2 aromatic heterocycles. The maximum absolute atomic E-state index is 13.3. The number of rotatable bonds is 5. The maximum atomic E-state index is 13.3. The molecule has 7 nitrogen and oxygen atoms in total. The van der Waals surface area contributed by atoms with Gasteiger partial charge in [0.15, 0.2) is 0 Å². The molecular weight excluding hydrogens is 404 g/mol. The molecule has 0 fully saturated rings. The summed E-state index contributed by atoms with van der Waals surface area (Å²) in [5, 5.41) is 12.0. The fourth-order valence-corrected chi connectivity index (χ4v) is 3.18. The van der Waals surface area contributed by atoms with Crippen molar-refractivity contribution in [3.8, 4) is 17.7 Å². The van der Waals surface area contributed by atoms with Gasteiger partial charge in [-0.25, -0.2) is 0 Å². The molecule has 0 saturated heterocycles. The van der Waals surface area contributed by atoms with Crippen LogP contribution in [0.1, 0.15) is 44.4 Å². The standard InChI is InChI=1S/C25H26N4O3/c1-6-27-22(30)17(15-26)14-20-23(28-21-16(2)8-7-13-29(21)24(20)31)32-19-11-9-18(10-12-19)25(3,4)5/h7-14H,6H2,1-5H3,(H,27,30)/b17-14+. The number of aromatic nitrogens is 2. The molecule has 1 N–H and O–H groups in total. The van der Waals surface area contributed by atoms with Crippen LogP contribution in [-0.4, -0.2) is 21.8 Å². The molecular formula is C25H26N4O3. The van der Waals surface area contributed by atoms with Gasteiger partial charge in [0.25, 0.3) is 11.5 Å². The Morgan fingerprint density at radius 1 is 1.25 bits per heavy atom. The van der Waals surface area contributed by atoms with Crippen LogP contribution in [0.3, 0.4) is 0 Å². The minimum atomic E-state index is -0.566. The molecule has 32 heavy (non-hydrogen) atoms. The van der Waals surface area contributed by atoms with Gasteiger partial charge < -0.3 is 10.1 Å². The lowest BCUT2D eigenvalue weighted by Crippen LogP contribution is -2.25. The van der Waals surface area contributed by atoms with Crippen molar-refractivity contribution in [3.63, 3.8) is 0 Å². The molecule has 7 heteroatoms. The number of carbonyl (C=O) groups is 1. The molecule has 0 unspecified atom stereocenters. The molecule has 3 aromatic rings. The molecule has 2 heterocycles. The van der Waals surface area contributed by atoms with Crippen molar-refractivity contribution >= 4 is 17.6 Å². The quantitative estimate of drug-likeness (QED) is 0.485. The number of ether oxygens (including phenoxy) is 1. The lowest BCUT2D eigenvalue weighted by atomic mass is 9.87. The third-order valence-electron chi connectivity index (χ3n) is 4.98. The maximum Gasteiger partial charge on any atom is 0.269 e. The summed E-state index contributed by atoms with van der Waals surface area (Å²) in [4.78, 5) is 30.1. The SMILES string of the molecule is CCNC(=O)/C(C#N)=C/c1c(Oc2ccc(C(C)(C)C)cc2)nc2c(C)cccn2c1=O. The zero-order chi connectivity index (χ0) is 23.5. The normalized spacial score (nSPS) is 11.8. The fourth-order valence-electron chi connectivity index (χ4n) is 3.18. The van der Waals surface area contributed by atoms with Crippen molar-refractivity contribution in [1.29, 1.82) is 5.26 Å². The van der Waals surface area contributed by atoms with Crippen LogP contribution in [0.4, 0.5) is 0 Å². The minimum Gasteiger partial charge on any atom is -0.438 e. The first-order valence-corrected chi connectivity index (χ1v) is 10.4. The zero-order valence-electron chi connectivity index (χ0n) is 18.9. The topological polar surface area (TPSA) is 96.5 Å². The van der Waals surface area contributed by atoms with E-state index >= 15 is 0 Å². The van der Waals surface area contributed by atoms with Crippen LogP contribution in [-0.2, 0) is 10.2 Å². The minimum absolute atomic E-state index is 0.0160. The highest BCUT2D eigenvalue weighted by Gasteiger charge is 2.18. The van der Waals surface area contributed by atoms with Crippen LogP contribution in [0.5, 0.6) is 11.6 Å². The molecule has 0 spiro atoms. The number of nitrogens with one attached hydrogen (secondary N) is 1. The van der Waals surface area contributed by atoms with Crippen molar-refractivity contribution in [2.24, 2.45) is 0 Å².